The van der Waals surface area contributed by atoms with Crippen LogP contribution in [-0.4, -0.2) is 11.6 Å². The molecule has 0 bridgehead atoms. The van der Waals surface area contributed by atoms with E-state index in [9.17, 15) is 0 Å². The van der Waals surface area contributed by atoms with E-state index >= 15 is 0 Å². The second-order valence-corrected chi connectivity index (χ2v) is 4.32. The quantitative estimate of drug-likeness (QED) is 0.701. The summed E-state index contributed by atoms with van der Waals surface area (Å²) in [4.78, 5) is 4.17. The molecule has 0 aliphatic rings. The minimum atomic E-state index is 0.443. The monoisotopic (exact) mass is 252 g/mol. The molecule has 0 aliphatic heterocycles. The fraction of sp³-hybridized carbons (Fsp3) is 0.188. The summed E-state index contributed by atoms with van der Waals surface area (Å²) in [5.41, 5.74) is 1.72. The number of benzene rings is 2. The third-order valence-corrected chi connectivity index (χ3v) is 2.97. The van der Waals surface area contributed by atoms with Gasteiger partial charge >= 0.3 is 5.95 Å². The third kappa shape index (κ3) is 2.19. The highest BCUT2D eigenvalue weighted by Crippen LogP contribution is 2.33. The lowest BCUT2D eigenvalue weighted by Gasteiger charge is -2.06. The number of rotatable bonds is 4. The van der Waals surface area contributed by atoms with Crippen molar-refractivity contribution in [1.82, 2.24) is 4.98 Å². The lowest BCUT2D eigenvalue weighted by molar-refractivity contribution is 0.243. The Labute approximate surface area is 111 Å². The number of ether oxygens (including phenoxy) is 1. The molecular weight excluding hydrogens is 238 g/mol. The summed E-state index contributed by atoms with van der Waals surface area (Å²) in [5, 5.41) is 2.30. The molecule has 3 nitrogen and oxygen atoms in total. The summed E-state index contributed by atoms with van der Waals surface area (Å²) in [6.07, 6.45) is 3.45. The van der Waals surface area contributed by atoms with Gasteiger partial charge in [0.15, 0.2) is 5.69 Å². The predicted molar refractivity (Wildman–Crippen MR) is 74.1 cm³/mol. The molecule has 0 saturated carbocycles. The molecule has 0 atom stereocenters. The summed E-state index contributed by atoms with van der Waals surface area (Å²) >= 11 is 0. The van der Waals surface area contributed by atoms with Gasteiger partial charge in [0.25, 0.3) is 6.39 Å². The standard InChI is InChI=1S/C16H14NO2/c1-2-10-18-16-15(17-11-19-16)14-9-5-7-12-6-3-4-8-13(12)14/h3-9H,2,10H2,1H3. The number of oxazole rings is 1. The fourth-order valence-electron chi connectivity index (χ4n) is 2.10. The highest BCUT2D eigenvalue weighted by molar-refractivity contribution is 5.96. The second-order valence-electron chi connectivity index (χ2n) is 4.32. The highest BCUT2D eigenvalue weighted by atomic mass is 16.6. The average Bonchev–Trinajstić information content (AvgIpc) is 2.92. The van der Waals surface area contributed by atoms with Crippen molar-refractivity contribution in [3.63, 3.8) is 0 Å². The molecule has 0 N–H and O–H groups in total. The van der Waals surface area contributed by atoms with Gasteiger partial charge in [0, 0.05) is 5.56 Å². The van der Waals surface area contributed by atoms with Gasteiger partial charge < -0.3 is 9.15 Å². The van der Waals surface area contributed by atoms with E-state index in [0.29, 0.717) is 18.2 Å². The van der Waals surface area contributed by atoms with Crippen molar-refractivity contribution in [2.24, 2.45) is 0 Å². The zero-order chi connectivity index (χ0) is 13.1. The molecule has 19 heavy (non-hydrogen) atoms. The van der Waals surface area contributed by atoms with Gasteiger partial charge in [-0.1, -0.05) is 49.4 Å². The van der Waals surface area contributed by atoms with Crippen molar-refractivity contribution in [1.29, 1.82) is 0 Å². The summed E-state index contributed by atoms with van der Waals surface area (Å²) in [7, 11) is 0. The summed E-state index contributed by atoms with van der Waals surface area (Å²) < 4.78 is 10.8. The van der Waals surface area contributed by atoms with Crippen LogP contribution in [0.5, 0.6) is 5.95 Å². The van der Waals surface area contributed by atoms with Crippen LogP contribution in [0.2, 0.25) is 0 Å². The molecule has 0 spiro atoms. The normalized spacial score (nSPS) is 10.8. The van der Waals surface area contributed by atoms with Crippen LogP contribution in [0.4, 0.5) is 0 Å². The molecule has 0 amide bonds. The molecule has 95 valence electrons. The Bertz CT molecular complexity index is 683. The molecule has 0 unspecified atom stereocenters. The van der Waals surface area contributed by atoms with Gasteiger partial charge in [-0.2, -0.15) is 0 Å². The van der Waals surface area contributed by atoms with E-state index < -0.39 is 0 Å². The van der Waals surface area contributed by atoms with E-state index in [1.807, 2.05) is 24.3 Å². The predicted octanol–water partition coefficient (Wildman–Crippen LogP) is 4.08. The third-order valence-electron chi connectivity index (χ3n) is 2.97. The fourth-order valence-corrected chi connectivity index (χ4v) is 2.10. The number of hydrogen-bond acceptors (Lipinski definition) is 3. The van der Waals surface area contributed by atoms with Crippen LogP contribution < -0.4 is 4.74 Å². The minimum absolute atomic E-state index is 0.443. The molecule has 3 rings (SSSR count). The Morgan fingerprint density at radius 2 is 2.00 bits per heavy atom. The first-order chi connectivity index (χ1) is 9.40. The maximum Gasteiger partial charge on any atom is 0.314 e. The maximum absolute atomic E-state index is 5.57. The first-order valence-corrected chi connectivity index (χ1v) is 6.38. The molecule has 0 fully saturated rings. The molecule has 0 aliphatic carbocycles. The Balaban J connectivity index is 2.12. The van der Waals surface area contributed by atoms with Gasteiger partial charge in [-0.3, -0.25) is 0 Å². The van der Waals surface area contributed by atoms with Gasteiger partial charge in [-0.15, -0.1) is 0 Å². The van der Waals surface area contributed by atoms with Crippen LogP contribution in [0.3, 0.4) is 0 Å². The molecule has 1 heterocycles. The number of aromatic nitrogens is 1. The molecule has 0 saturated heterocycles. The van der Waals surface area contributed by atoms with Crippen molar-refractivity contribution in [3.05, 3.63) is 48.9 Å². The summed E-state index contributed by atoms with van der Waals surface area (Å²) in [6, 6.07) is 14.3. The smallest absolute Gasteiger partial charge is 0.314 e. The topological polar surface area (TPSA) is 35.3 Å². The van der Waals surface area contributed by atoms with E-state index in [1.165, 1.54) is 5.39 Å². The zero-order valence-corrected chi connectivity index (χ0v) is 10.7. The van der Waals surface area contributed by atoms with Gasteiger partial charge in [-0.25, -0.2) is 4.98 Å². The van der Waals surface area contributed by atoms with E-state index in [2.05, 4.69) is 36.5 Å². The van der Waals surface area contributed by atoms with Crippen molar-refractivity contribution < 1.29 is 9.15 Å². The van der Waals surface area contributed by atoms with Crippen LogP contribution in [0.15, 0.2) is 46.9 Å². The van der Waals surface area contributed by atoms with Crippen LogP contribution in [0.25, 0.3) is 22.0 Å². The maximum atomic E-state index is 5.57. The van der Waals surface area contributed by atoms with E-state index in [4.69, 9.17) is 9.15 Å². The summed E-state index contributed by atoms with van der Waals surface area (Å²) in [6.45, 7) is 2.67. The van der Waals surface area contributed by atoms with Crippen LogP contribution in [0.1, 0.15) is 13.3 Å². The molecular formula is C16H14NO2. The highest BCUT2D eigenvalue weighted by Gasteiger charge is 2.14. The average molecular weight is 252 g/mol. The molecule has 2 aromatic carbocycles. The second kappa shape index (κ2) is 5.14. The van der Waals surface area contributed by atoms with E-state index in [-0.39, 0.29) is 0 Å². The number of fused-ring (bicyclic) bond motifs is 1. The molecule has 3 heteroatoms. The Hall–Kier alpha value is -2.29. The van der Waals surface area contributed by atoms with Gasteiger partial charge in [0.1, 0.15) is 0 Å². The number of hydrogen-bond donors (Lipinski definition) is 0. The Morgan fingerprint density at radius 3 is 2.89 bits per heavy atom. The van der Waals surface area contributed by atoms with Crippen molar-refractivity contribution in [2.75, 3.05) is 6.61 Å². The van der Waals surface area contributed by atoms with Gasteiger partial charge in [0.2, 0.25) is 0 Å². The van der Waals surface area contributed by atoms with Crippen LogP contribution in [-0.2, 0) is 0 Å². The van der Waals surface area contributed by atoms with Crippen LogP contribution >= 0.6 is 0 Å². The van der Waals surface area contributed by atoms with Crippen molar-refractivity contribution in [2.45, 2.75) is 13.3 Å². The lowest BCUT2D eigenvalue weighted by Crippen LogP contribution is -1.95. The molecule has 3 aromatic rings. The SMILES string of the molecule is CCCOc1o[c]nc1-c1cccc2ccccc12. The van der Waals surface area contributed by atoms with Crippen LogP contribution in [0, 0.1) is 6.39 Å². The lowest BCUT2D eigenvalue weighted by atomic mass is 10.0. The van der Waals surface area contributed by atoms with Crippen molar-refractivity contribution in [3.8, 4) is 17.2 Å². The van der Waals surface area contributed by atoms with Crippen molar-refractivity contribution >= 4 is 10.8 Å². The first-order valence-electron chi connectivity index (χ1n) is 6.38. The van der Waals surface area contributed by atoms with Gasteiger partial charge in [-0.05, 0) is 17.2 Å². The summed E-state index contributed by atoms with van der Waals surface area (Å²) in [5.74, 6) is 0.443. The largest absolute Gasteiger partial charge is 0.464 e. The van der Waals surface area contributed by atoms with E-state index in [1.54, 1.807) is 0 Å². The molecule has 1 aromatic heterocycles. The first kappa shape index (κ1) is 11.8. The Kier molecular flexibility index (Phi) is 3.19. The van der Waals surface area contributed by atoms with Gasteiger partial charge in [0.05, 0.1) is 6.61 Å². The zero-order valence-electron chi connectivity index (χ0n) is 10.7. The number of nitrogens with zero attached hydrogens (tertiary/aromatic N) is 1. The van der Waals surface area contributed by atoms with E-state index in [0.717, 1.165) is 17.4 Å². The minimum Gasteiger partial charge on any atom is -0.464 e. The molecule has 1 radical (unpaired) electrons. The Morgan fingerprint density at radius 1 is 1.16 bits per heavy atom.